The molecule has 4 heteroatoms. The highest BCUT2D eigenvalue weighted by Crippen LogP contribution is 2.23. The number of phenolic OH excluding ortho intramolecular Hbond substituents is 1. The number of rotatable bonds is 2. The Labute approximate surface area is 110 Å². The standard InChI is InChI=1S/C14H12ClNO2/c1-16(10-5-4-6-11(17)9-10)14(18)12-7-2-3-8-13(12)15/h2-9,17H,1H3. The number of hydrogen-bond donors (Lipinski definition) is 1. The van der Waals surface area contributed by atoms with Gasteiger partial charge in [-0.15, -0.1) is 0 Å². The maximum Gasteiger partial charge on any atom is 0.259 e. The van der Waals surface area contributed by atoms with Gasteiger partial charge in [-0.3, -0.25) is 4.79 Å². The molecule has 0 heterocycles. The van der Waals surface area contributed by atoms with E-state index in [1.54, 1.807) is 49.5 Å². The van der Waals surface area contributed by atoms with E-state index in [4.69, 9.17) is 11.6 Å². The Morgan fingerprint density at radius 2 is 1.89 bits per heavy atom. The molecule has 92 valence electrons. The predicted octanol–water partition coefficient (Wildman–Crippen LogP) is 3.32. The third kappa shape index (κ3) is 2.46. The fourth-order valence-corrected chi connectivity index (χ4v) is 1.85. The number of anilines is 1. The first kappa shape index (κ1) is 12.5. The first-order valence-electron chi connectivity index (χ1n) is 5.41. The summed E-state index contributed by atoms with van der Waals surface area (Å²) in [4.78, 5) is 13.7. The number of carbonyl (C=O) groups excluding carboxylic acids is 1. The fraction of sp³-hybridized carbons (Fsp3) is 0.0714. The maximum atomic E-state index is 12.2. The zero-order valence-corrected chi connectivity index (χ0v) is 10.6. The summed E-state index contributed by atoms with van der Waals surface area (Å²) in [5, 5.41) is 9.82. The molecule has 18 heavy (non-hydrogen) atoms. The third-order valence-corrected chi connectivity index (χ3v) is 2.96. The van der Waals surface area contributed by atoms with Gasteiger partial charge in [-0.2, -0.15) is 0 Å². The monoisotopic (exact) mass is 261 g/mol. The molecule has 2 aromatic carbocycles. The van der Waals surface area contributed by atoms with Crippen LogP contribution in [0.4, 0.5) is 5.69 Å². The van der Waals surface area contributed by atoms with Crippen LogP contribution < -0.4 is 4.90 Å². The highest BCUT2D eigenvalue weighted by Gasteiger charge is 2.16. The zero-order chi connectivity index (χ0) is 13.1. The highest BCUT2D eigenvalue weighted by molar-refractivity contribution is 6.34. The van der Waals surface area contributed by atoms with Gasteiger partial charge in [-0.1, -0.05) is 29.8 Å². The molecule has 0 saturated carbocycles. The van der Waals surface area contributed by atoms with Crippen LogP contribution in [0.1, 0.15) is 10.4 Å². The van der Waals surface area contributed by atoms with Crippen molar-refractivity contribution in [1.29, 1.82) is 0 Å². The van der Waals surface area contributed by atoms with Crippen LogP contribution in [0.25, 0.3) is 0 Å². The van der Waals surface area contributed by atoms with Gasteiger partial charge in [0.05, 0.1) is 10.6 Å². The molecule has 0 unspecified atom stereocenters. The van der Waals surface area contributed by atoms with Crippen molar-refractivity contribution in [2.75, 3.05) is 11.9 Å². The molecule has 0 aromatic heterocycles. The van der Waals surface area contributed by atoms with Crippen LogP contribution in [0.3, 0.4) is 0 Å². The molecule has 0 atom stereocenters. The Morgan fingerprint density at radius 1 is 1.17 bits per heavy atom. The first-order chi connectivity index (χ1) is 8.59. The number of phenols is 1. The van der Waals surface area contributed by atoms with Crippen molar-refractivity contribution in [3.63, 3.8) is 0 Å². The van der Waals surface area contributed by atoms with Crippen molar-refractivity contribution in [3.8, 4) is 5.75 Å². The van der Waals surface area contributed by atoms with Crippen LogP contribution in [0.5, 0.6) is 5.75 Å². The summed E-state index contributed by atoms with van der Waals surface area (Å²) in [5.74, 6) is -0.0995. The molecule has 0 aliphatic heterocycles. The predicted molar refractivity (Wildman–Crippen MR) is 72.3 cm³/mol. The lowest BCUT2D eigenvalue weighted by Gasteiger charge is -2.18. The molecule has 0 aliphatic rings. The van der Waals surface area contributed by atoms with Crippen LogP contribution in [0, 0.1) is 0 Å². The molecule has 2 rings (SSSR count). The summed E-state index contributed by atoms with van der Waals surface area (Å²) in [7, 11) is 1.64. The van der Waals surface area contributed by atoms with Gasteiger partial charge < -0.3 is 10.0 Å². The molecule has 0 bridgehead atoms. The van der Waals surface area contributed by atoms with E-state index in [0.29, 0.717) is 16.3 Å². The summed E-state index contributed by atoms with van der Waals surface area (Å²) in [6.45, 7) is 0. The lowest BCUT2D eigenvalue weighted by atomic mass is 10.2. The Kier molecular flexibility index (Phi) is 3.53. The van der Waals surface area contributed by atoms with Crippen molar-refractivity contribution < 1.29 is 9.90 Å². The first-order valence-corrected chi connectivity index (χ1v) is 5.79. The smallest absolute Gasteiger partial charge is 0.259 e. The number of benzene rings is 2. The summed E-state index contributed by atoms with van der Waals surface area (Å²) in [6, 6.07) is 13.4. The van der Waals surface area contributed by atoms with Crippen molar-refractivity contribution in [2.45, 2.75) is 0 Å². The normalized spacial score (nSPS) is 10.1. The fourth-order valence-electron chi connectivity index (χ4n) is 1.63. The quantitative estimate of drug-likeness (QED) is 0.901. The van der Waals surface area contributed by atoms with Gasteiger partial charge in [-0.25, -0.2) is 0 Å². The second kappa shape index (κ2) is 5.10. The number of hydrogen-bond acceptors (Lipinski definition) is 2. The number of nitrogens with zero attached hydrogens (tertiary/aromatic N) is 1. The Balaban J connectivity index is 2.32. The second-order valence-corrected chi connectivity index (χ2v) is 4.27. The minimum atomic E-state index is -0.216. The SMILES string of the molecule is CN(C(=O)c1ccccc1Cl)c1cccc(O)c1. The second-order valence-electron chi connectivity index (χ2n) is 3.86. The number of aromatic hydroxyl groups is 1. The molecule has 0 fully saturated rings. The number of carbonyl (C=O) groups is 1. The summed E-state index contributed by atoms with van der Waals surface area (Å²) in [6.07, 6.45) is 0. The average Bonchev–Trinajstić information content (AvgIpc) is 2.37. The molecule has 0 aliphatic carbocycles. The van der Waals surface area contributed by atoms with E-state index in [1.165, 1.54) is 11.0 Å². The molecule has 2 aromatic rings. The van der Waals surface area contributed by atoms with E-state index in [-0.39, 0.29) is 11.7 Å². The maximum absolute atomic E-state index is 12.2. The lowest BCUT2D eigenvalue weighted by Crippen LogP contribution is -2.26. The van der Waals surface area contributed by atoms with Gasteiger partial charge in [0.15, 0.2) is 0 Å². The molecule has 0 radical (unpaired) electrons. The number of amides is 1. The van der Waals surface area contributed by atoms with Gasteiger partial charge in [0, 0.05) is 18.8 Å². The van der Waals surface area contributed by atoms with Gasteiger partial charge >= 0.3 is 0 Å². The summed E-state index contributed by atoms with van der Waals surface area (Å²) >= 11 is 5.99. The van der Waals surface area contributed by atoms with Crippen LogP contribution in [-0.2, 0) is 0 Å². The lowest BCUT2D eigenvalue weighted by molar-refractivity contribution is 0.0993. The molecule has 1 N–H and O–H groups in total. The van der Waals surface area contributed by atoms with Crippen molar-refractivity contribution in [1.82, 2.24) is 0 Å². The van der Waals surface area contributed by atoms with E-state index < -0.39 is 0 Å². The van der Waals surface area contributed by atoms with Gasteiger partial charge in [0.2, 0.25) is 0 Å². The van der Waals surface area contributed by atoms with E-state index in [2.05, 4.69) is 0 Å². The Bertz CT molecular complexity index is 584. The van der Waals surface area contributed by atoms with Gasteiger partial charge in [-0.05, 0) is 24.3 Å². The van der Waals surface area contributed by atoms with Crippen LogP contribution in [0.15, 0.2) is 48.5 Å². The minimum absolute atomic E-state index is 0.117. The topological polar surface area (TPSA) is 40.5 Å². The van der Waals surface area contributed by atoms with Gasteiger partial charge in [0.1, 0.15) is 5.75 Å². The van der Waals surface area contributed by atoms with Crippen LogP contribution in [-0.4, -0.2) is 18.1 Å². The Hall–Kier alpha value is -2.00. The minimum Gasteiger partial charge on any atom is -0.508 e. The third-order valence-electron chi connectivity index (χ3n) is 2.63. The largest absolute Gasteiger partial charge is 0.508 e. The van der Waals surface area contributed by atoms with Crippen molar-refractivity contribution in [3.05, 3.63) is 59.1 Å². The molecule has 3 nitrogen and oxygen atoms in total. The van der Waals surface area contributed by atoms with E-state index in [9.17, 15) is 9.90 Å². The molecule has 0 spiro atoms. The van der Waals surface area contributed by atoms with Gasteiger partial charge in [0.25, 0.3) is 5.91 Å². The average molecular weight is 262 g/mol. The summed E-state index contributed by atoms with van der Waals surface area (Å²) in [5.41, 5.74) is 1.05. The molecule has 0 saturated heterocycles. The molecular formula is C14H12ClNO2. The van der Waals surface area contributed by atoms with Crippen molar-refractivity contribution >= 4 is 23.2 Å². The molecule has 1 amide bonds. The van der Waals surface area contributed by atoms with Crippen LogP contribution in [0.2, 0.25) is 5.02 Å². The summed E-state index contributed by atoms with van der Waals surface area (Å²) < 4.78 is 0. The van der Waals surface area contributed by atoms with E-state index in [1.807, 2.05) is 0 Å². The highest BCUT2D eigenvalue weighted by atomic mass is 35.5. The molecular weight excluding hydrogens is 250 g/mol. The van der Waals surface area contributed by atoms with Crippen molar-refractivity contribution in [2.24, 2.45) is 0 Å². The van der Waals surface area contributed by atoms with Crippen LogP contribution >= 0.6 is 11.6 Å². The van der Waals surface area contributed by atoms with E-state index in [0.717, 1.165) is 0 Å². The number of halogens is 1. The van der Waals surface area contributed by atoms with E-state index >= 15 is 0 Å². The Morgan fingerprint density at radius 3 is 2.56 bits per heavy atom. The zero-order valence-electron chi connectivity index (χ0n) is 9.80.